The van der Waals surface area contributed by atoms with Crippen molar-refractivity contribution in [3.05, 3.63) is 83.4 Å². The van der Waals surface area contributed by atoms with Crippen LogP contribution in [0.5, 0.6) is 5.75 Å². The van der Waals surface area contributed by atoms with E-state index in [1.165, 1.54) is 24.3 Å². The van der Waals surface area contributed by atoms with E-state index in [-0.39, 0.29) is 10.6 Å². The highest BCUT2D eigenvalue weighted by Crippen LogP contribution is 2.22. The standard InChI is InChI=1S/C20H21NO4S/c1-16-11-13-17(14-12-16)25-20(22)19(10-7-15-21(2)3)26(23,24)18-8-5-4-6-9-18/h4-15H,1-3H3/b15-7+,19-10+. The first kappa shape index (κ1) is 19.5. The Morgan fingerprint density at radius 1 is 1.00 bits per heavy atom. The average molecular weight is 371 g/mol. The second-order valence-electron chi connectivity index (χ2n) is 5.86. The van der Waals surface area contributed by atoms with Crippen molar-refractivity contribution < 1.29 is 17.9 Å². The summed E-state index contributed by atoms with van der Waals surface area (Å²) in [5, 5.41) is 0. The summed E-state index contributed by atoms with van der Waals surface area (Å²) in [6.07, 6.45) is 4.38. The summed E-state index contributed by atoms with van der Waals surface area (Å²) in [5.74, 6) is -0.646. The summed E-state index contributed by atoms with van der Waals surface area (Å²) >= 11 is 0. The van der Waals surface area contributed by atoms with Crippen LogP contribution in [-0.4, -0.2) is 33.4 Å². The Morgan fingerprint density at radius 2 is 1.62 bits per heavy atom. The maximum absolute atomic E-state index is 12.9. The molecule has 0 aromatic heterocycles. The van der Waals surface area contributed by atoms with Crippen molar-refractivity contribution in [2.24, 2.45) is 0 Å². The van der Waals surface area contributed by atoms with Crippen LogP contribution in [0.15, 0.2) is 82.7 Å². The molecule has 0 amide bonds. The number of hydrogen-bond acceptors (Lipinski definition) is 5. The molecule has 0 atom stereocenters. The predicted octanol–water partition coefficient (Wildman–Crippen LogP) is 3.33. The lowest BCUT2D eigenvalue weighted by Gasteiger charge is -2.09. The fourth-order valence-electron chi connectivity index (χ4n) is 2.06. The van der Waals surface area contributed by atoms with Crippen molar-refractivity contribution >= 4 is 15.8 Å². The molecule has 0 saturated heterocycles. The van der Waals surface area contributed by atoms with E-state index in [0.29, 0.717) is 0 Å². The molecule has 0 saturated carbocycles. The van der Waals surface area contributed by atoms with Gasteiger partial charge in [-0.25, -0.2) is 13.2 Å². The highest BCUT2D eigenvalue weighted by atomic mass is 32.2. The molecule has 0 heterocycles. The SMILES string of the molecule is Cc1ccc(OC(=O)/C(=C\C=C\N(C)C)S(=O)(=O)c2ccccc2)cc1. The van der Waals surface area contributed by atoms with Gasteiger partial charge in [-0.05, 0) is 49.5 Å². The summed E-state index contributed by atoms with van der Waals surface area (Å²) in [6, 6.07) is 14.6. The summed E-state index contributed by atoms with van der Waals surface area (Å²) in [5.41, 5.74) is 1.01. The number of ether oxygens (including phenoxy) is 1. The Morgan fingerprint density at radius 3 is 2.19 bits per heavy atom. The van der Waals surface area contributed by atoms with E-state index >= 15 is 0 Å². The summed E-state index contributed by atoms with van der Waals surface area (Å²) in [4.78, 5) is 13.9. The first-order valence-electron chi connectivity index (χ1n) is 7.94. The molecule has 0 N–H and O–H groups in total. The second kappa shape index (κ2) is 8.49. The number of carbonyl (C=O) groups excluding carboxylic acids is 1. The first-order chi connectivity index (χ1) is 12.3. The molecule has 136 valence electrons. The molecule has 0 spiro atoms. The summed E-state index contributed by atoms with van der Waals surface area (Å²) in [7, 11) is -0.426. The van der Waals surface area contributed by atoms with E-state index < -0.39 is 20.7 Å². The van der Waals surface area contributed by atoms with Gasteiger partial charge in [0.25, 0.3) is 0 Å². The van der Waals surface area contributed by atoms with Crippen molar-refractivity contribution in [3.8, 4) is 5.75 Å². The van der Waals surface area contributed by atoms with Gasteiger partial charge in [0.05, 0.1) is 4.90 Å². The van der Waals surface area contributed by atoms with Crippen LogP contribution in [0.4, 0.5) is 0 Å². The van der Waals surface area contributed by atoms with Crippen LogP contribution in [0.2, 0.25) is 0 Å². The molecule has 0 unspecified atom stereocenters. The largest absolute Gasteiger partial charge is 0.422 e. The molecule has 2 rings (SSSR count). The van der Waals surface area contributed by atoms with Crippen molar-refractivity contribution in [2.45, 2.75) is 11.8 Å². The van der Waals surface area contributed by atoms with E-state index in [2.05, 4.69) is 0 Å². The van der Waals surface area contributed by atoms with Gasteiger partial charge in [-0.15, -0.1) is 0 Å². The zero-order chi connectivity index (χ0) is 19.2. The molecule has 5 nitrogen and oxygen atoms in total. The summed E-state index contributed by atoms with van der Waals surface area (Å²) in [6.45, 7) is 1.91. The van der Waals surface area contributed by atoms with Gasteiger partial charge in [-0.2, -0.15) is 0 Å². The van der Waals surface area contributed by atoms with Crippen LogP contribution in [0.25, 0.3) is 0 Å². The fourth-order valence-corrected chi connectivity index (χ4v) is 3.35. The number of allylic oxidation sites excluding steroid dienone is 2. The van der Waals surface area contributed by atoms with Crippen LogP contribution in [0.1, 0.15) is 5.56 Å². The van der Waals surface area contributed by atoms with E-state index in [1.807, 2.05) is 6.92 Å². The van der Waals surface area contributed by atoms with Gasteiger partial charge in [0.15, 0.2) is 4.91 Å². The lowest BCUT2D eigenvalue weighted by atomic mass is 10.2. The Kier molecular flexibility index (Phi) is 6.36. The molecule has 0 aliphatic heterocycles. The number of benzene rings is 2. The third-order valence-corrected chi connectivity index (χ3v) is 5.18. The van der Waals surface area contributed by atoms with Gasteiger partial charge in [0.1, 0.15) is 5.75 Å². The van der Waals surface area contributed by atoms with E-state index in [0.717, 1.165) is 5.56 Å². The predicted molar refractivity (Wildman–Crippen MR) is 101 cm³/mol. The van der Waals surface area contributed by atoms with Crippen molar-refractivity contribution in [1.82, 2.24) is 4.90 Å². The fraction of sp³-hybridized carbons (Fsp3) is 0.150. The lowest BCUT2D eigenvalue weighted by molar-refractivity contribution is -0.129. The Bertz CT molecular complexity index is 912. The third-order valence-electron chi connectivity index (χ3n) is 3.41. The van der Waals surface area contributed by atoms with Gasteiger partial charge in [0, 0.05) is 14.1 Å². The minimum atomic E-state index is -4.01. The molecule has 0 bridgehead atoms. The van der Waals surface area contributed by atoms with Gasteiger partial charge >= 0.3 is 5.97 Å². The molecule has 26 heavy (non-hydrogen) atoms. The molecular weight excluding hydrogens is 350 g/mol. The maximum atomic E-state index is 12.9. The van der Waals surface area contributed by atoms with Crippen LogP contribution in [-0.2, 0) is 14.6 Å². The highest BCUT2D eigenvalue weighted by Gasteiger charge is 2.28. The first-order valence-corrected chi connectivity index (χ1v) is 9.43. The molecule has 6 heteroatoms. The van der Waals surface area contributed by atoms with Gasteiger partial charge < -0.3 is 9.64 Å². The zero-order valence-electron chi connectivity index (χ0n) is 14.9. The van der Waals surface area contributed by atoms with Crippen LogP contribution in [0.3, 0.4) is 0 Å². The Labute approximate surface area is 154 Å². The third kappa shape index (κ3) is 5.07. The number of sulfone groups is 1. The van der Waals surface area contributed by atoms with Crippen molar-refractivity contribution in [1.29, 1.82) is 0 Å². The number of esters is 1. The topological polar surface area (TPSA) is 63.7 Å². The molecule has 2 aromatic carbocycles. The molecule has 2 aromatic rings. The van der Waals surface area contributed by atoms with E-state index in [4.69, 9.17) is 4.74 Å². The molecule has 0 radical (unpaired) electrons. The van der Waals surface area contributed by atoms with Gasteiger partial charge in [-0.1, -0.05) is 35.9 Å². The highest BCUT2D eigenvalue weighted by molar-refractivity contribution is 7.96. The molecular formula is C20H21NO4S. The van der Waals surface area contributed by atoms with Crippen molar-refractivity contribution in [2.75, 3.05) is 14.1 Å². The number of rotatable bonds is 6. The lowest BCUT2D eigenvalue weighted by Crippen LogP contribution is -2.19. The number of hydrogen-bond donors (Lipinski definition) is 0. The normalized spacial score (nSPS) is 12.2. The zero-order valence-corrected chi connectivity index (χ0v) is 15.7. The second-order valence-corrected chi connectivity index (χ2v) is 7.77. The minimum Gasteiger partial charge on any atom is -0.422 e. The van der Waals surface area contributed by atoms with Gasteiger partial charge in [-0.3, -0.25) is 0 Å². The minimum absolute atomic E-state index is 0.0327. The monoisotopic (exact) mass is 371 g/mol. The maximum Gasteiger partial charge on any atom is 0.355 e. The quantitative estimate of drug-likeness (QED) is 0.337. The molecule has 0 fully saturated rings. The summed E-state index contributed by atoms with van der Waals surface area (Å²) < 4.78 is 31.0. The van der Waals surface area contributed by atoms with Crippen LogP contribution >= 0.6 is 0 Å². The number of aryl methyl sites for hydroxylation is 1. The van der Waals surface area contributed by atoms with Gasteiger partial charge in [0.2, 0.25) is 9.84 Å². The Balaban J connectivity index is 2.40. The average Bonchev–Trinajstić information content (AvgIpc) is 2.61. The Hall–Kier alpha value is -2.86. The van der Waals surface area contributed by atoms with Crippen molar-refractivity contribution in [3.63, 3.8) is 0 Å². The number of carbonyl (C=O) groups is 1. The van der Waals surface area contributed by atoms with Crippen LogP contribution in [0, 0.1) is 6.92 Å². The van der Waals surface area contributed by atoms with E-state index in [1.54, 1.807) is 67.7 Å². The molecule has 0 aliphatic rings. The molecule has 0 aliphatic carbocycles. The van der Waals surface area contributed by atoms with Crippen LogP contribution < -0.4 is 4.74 Å². The smallest absolute Gasteiger partial charge is 0.355 e. The van der Waals surface area contributed by atoms with E-state index in [9.17, 15) is 13.2 Å². The number of nitrogens with zero attached hydrogens (tertiary/aromatic N) is 1.